The molecule has 9 heteroatoms. The first-order valence-corrected chi connectivity index (χ1v) is 13.6. The number of carboxylic acids is 1. The van der Waals surface area contributed by atoms with Crippen molar-refractivity contribution in [3.63, 3.8) is 0 Å². The van der Waals surface area contributed by atoms with E-state index in [1.807, 2.05) is 60.4 Å². The fraction of sp³-hybridized carbons (Fsp3) is 0.355. The highest BCUT2D eigenvalue weighted by molar-refractivity contribution is 5.94. The number of rotatable bonds is 9. The SMILES string of the molecule is COc1ccc2cc(C)nc(Nc3ccc(C[C@](C)(Nc4c(N5CCCCCC5)c(=O)c4=O)C(=O)O)cc3)c2c1. The first-order valence-electron chi connectivity index (χ1n) is 13.6. The van der Waals surface area contributed by atoms with E-state index in [0.717, 1.165) is 59.2 Å². The van der Waals surface area contributed by atoms with Gasteiger partial charge in [0.1, 0.15) is 28.5 Å². The van der Waals surface area contributed by atoms with Crippen LogP contribution >= 0.6 is 0 Å². The fourth-order valence-electron chi connectivity index (χ4n) is 5.37. The molecular formula is C31H34N4O5. The zero-order chi connectivity index (χ0) is 28.4. The Labute approximate surface area is 232 Å². The first-order chi connectivity index (χ1) is 19.2. The molecule has 1 saturated heterocycles. The van der Waals surface area contributed by atoms with Crippen LogP contribution in [-0.4, -0.2) is 41.8 Å². The van der Waals surface area contributed by atoms with Crippen molar-refractivity contribution >= 4 is 39.6 Å². The maximum atomic E-state index is 12.5. The zero-order valence-electron chi connectivity index (χ0n) is 23.0. The smallest absolute Gasteiger partial charge is 0.329 e. The lowest BCUT2D eigenvalue weighted by atomic mass is 9.91. The van der Waals surface area contributed by atoms with E-state index < -0.39 is 22.4 Å². The number of carbonyl (C=O) groups is 1. The van der Waals surface area contributed by atoms with Crippen LogP contribution in [0.5, 0.6) is 5.75 Å². The molecule has 40 heavy (non-hydrogen) atoms. The second-order valence-corrected chi connectivity index (χ2v) is 10.7. The summed E-state index contributed by atoms with van der Waals surface area (Å²) in [5, 5.41) is 18.4. The van der Waals surface area contributed by atoms with Crippen molar-refractivity contribution in [1.29, 1.82) is 0 Å². The van der Waals surface area contributed by atoms with Crippen LogP contribution in [-0.2, 0) is 11.2 Å². The third kappa shape index (κ3) is 5.36. The second-order valence-electron chi connectivity index (χ2n) is 10.7. The van der Waals surface area contributed by atoms with Crippen molar-refractivity contribution in [3.8, 4) is 5.75 Å². The van der Waals surface area contributed by atoms with Crippen LogP contribution in [0, 0.1) is 6.92 Å². The molecule has 0 spiro atoms. The van der Waals surface area contributed by atoms with Crippen LogP contribution < -0.4 is 31.1 Å². The third-order valence-electron chi connectivity index (χ3n) is 7.62. The lowest BCUT2D eigenvalue weighted by Crippen LogP contribution is -2.51. The van der Waals surface area contributed by atoms with Crippen molar-refractivity contribution in [2.24, 2.45) is 0 Å². The molecule has 1 atom stereocenters. The van der Waals surface area contributed by atoms with E-state index >= 15 is 0 Å². The molecule has 0 saturated carbocycles. The highest BCUT2D eigenvalue weighted by Gasteiger charge is 2.38. The van der Waals surface area contributed by atoms with Crippen molar-refractivity contribution in [1.82, 2.24) is 4.98 Å². The molecule has 5 rings (SSSR count). The summed E-state index contributed by atoms with van der Waals surface area (Å²) in [6.45, 7) is 4.86. The zero-order valence-corrected chi connectivity index (χ0v) is 23.0. The summed E-state index contributed by atoms with van der Waals surface area (Å²) in [4.78, 5) is 44.0. The summed E-state index contributed by atoms with van der Waals surface area (Å²) in [6.07, 6.45) is 4.16. The Morgan fingerprint density at radius 1 is 1.02 bits per heavy atom. The molecule has 9 nitrogen and oxygen atoms in total. The van der Waals surface area contributed by atoms with E-state index in [2.05, 4.69) is 15.6 Å². The molecule has 2 heterocycles. The van der Waals surface area contributed by atoms with Crippen LogP contribution in [0.3, 0.4) is 0 Å². The van der Waals surface area contributed by atoms with Crippen LogP contribution in [0.15, 0.2) is 58.1 Å². The molecule has 1 aliphatic rings. The lowest BCUT2D eigenvalue weighted by molar-refractivity contribution is -0.141. The number of ether oxygens (including phenoxy) is 1. The Bertz CT molecular complexity index is 1620. The van der Waals surface area contributed by atoms with Gasteiger partial charge < -0.3 is 25.4 Å². The summed E-state index contributed by atoms with van der Waals surface area (Å²) in [7, 11) is 1.62. The van der Waals surface area contributed by atoms with Crippen LogP contribution in [0.2, 0.25) is 0 Å². The molecule has 0 radical (unpaired) electrons. The van der Waals surface area contributed by atoms with Crippen LogP contribution in [0.4, 0.5) is 22.9 Å². The molecule has 1 fully saturated rings. The van der Waals surface area contributed by atoms with Crippen molar-refractivity contribution in [2.45, 2.75) is 51.5 Å². The van der Waals surface area contributed by atoms with E-state index in [1.54, 1.807) is 14.0 Å². The van der Waals surface area contributed by atoms with Crippen molar-refractivity contribution in [2.75, 3.05) is 35.7 Å². The predicted octanol–water partition coefficient (Wildman–Crippen LogP) is 4.77. The fourth-order valence-corrected chi connectivity index (χ4v) is 5.37. The number of benzene rings is 2. The van der Waals surface area contributed by atoms with E-state index in [9.17, 15) is 19.5 Å². The average molecular weight is 543 g/mol. The van der Waals surface area contributed by atoms with Crippen LogP contribution in [0.1, 0.15) is 43.9 Å². The number of fused-ring (bicyclic) bond motifs is 1. The van der Waals surface area contributed by atoms with Gasteiger partial charge in [0.25, 0.3) is 10.9 Å². The van der Waals surface area contributed by atoms with Gasteiger partial charge in [-0.15, -0.1) is 0 Å². The number of aliphatic carboxylic acids is 1. The maximum Gasteiger partial charge on any atom is 0.329 e. The Hall–Kier alpha value is -4.40. The molecule has 4 aromatic rings. The van der Waals surface area contributed by atoms with Crippen LogP contribution in [0.25, 0.3) is 10.8 Å². The van der Waals surface area contributed by atoms with Gasteiger partial charge in [-0.3, -0.25) is 9.59 Å². The lowest BCUT2D eigenvalue weighted by Gasteiger charge is -2.32. The van der Waals surface area contributed by atoms with Gasteiger partial charge in [-0.1, -0.05) is 31.0 Å². The normalized spacial score (nSPS) is 15.4. The highest BCUT2D eigenvalue weighted by atomic mass is 16.5. The molecule has 3 N–H and O–H groups in total. The van der Waals surface area contributed by atoms with Gasteiger partial charge in [-0.25, -0.2) is 9.78 Å². The number of hydrogen-bond donors (Lipinski definition) is 3. The Morgan fingerprint density at radius 2 is 1.73 bits per heavy atom. The maximum absolute atomic E-state index is 12.5. The number of aromatic nitrogens is 1. The van der Waals surface area contributed by atoms with E-state index in [4.69, 9.17) is 4.74 Å². The van der Waals surface area contributed by atoms with Gasteiger partial charge in [0.05, 0.1) is 7.11 Å². The minimum atomic E-state index is -1.48. The molecule has 0 bridgehead atoms. The van der Waals surface area contributed by atoms with Gasteiger partial charge in [-0.05, 0) is 68.0 Å². The summed E-state index contributed by atoms with van der Waals surface area (Å²) in [6, 6.07) is 15.3. The van der Waals surface area contributed by atoms with Crippen molar-refractivity contribution in [3.05, 3.63) is 80.2 Å². The Morgan fingerprint density at radius 3 is 2.38 bits per heavy atom. The number of methoxy groups -OCH3 is 1. The molecule has 3 aromatic carbocycles. The molecule has 208 valence electrons. The van der Waals surface area contributed by atoms with Crippen molar-refractivity contribution < 1.29 is 14.6 Å². The van der Waals surface area contributed by atoms with Gasteiger partial charge in [0.15, 0.2) is 0 Å². The largest absolute Gasteiger partial charge is 0.497 e. The average Bonchev–Trinajstić information content (AvgIpc) is 3.22. The minimum Gasteiger partial charge on any atom is -0.497 e. The summed E-state index contributed by atoms with van der Waals surface area (Å²) in [5.74, 6) is 0.326. The second kappa shape index (κ2) is 11.0. The number of aryl methyl sites for hydroxylation is 1. The molecule has 0 unspecified atom stereocenters. The predicted molar refractivity (Wildman–Crippen MR) is 158 cm³/mol. The Kier molecular flexibility index (Phi) is 7.47. The van der Waals surface area contributed by atoms with Gasteiger partial charge >= 0.3 is 5.97 Å². The van der Waals surface area contributed by atoms with E-state index in [0.29, 0.717) is 24.6 Å². The monoisotopic (exact) mass is 542 g/mol. The van der Waals surface area contributed by atoms with E-state index in [-0.39, 0.29) is 12.1 Å². The standard InChI is InChI=1S/C31H34N4O5/c1-19-16-21-10-13-23(40-3)17-24(21)29(32-19)33-22-11-8-20(9-12-22)18-31(2,30(38)39)34-25-26(28(37)27(25)36)35-14-6-4-5-7-15-35/h8-13,16-17,34H,4-7,14-15,18H2,1-3H3,(H,32,33)(H,38,39)/t31-/m0/s1. The summed E-state index contributed by atoms with van der Waals surface area (Å²) >= 11 is 0. The number of carboxylic acid groups (broad SMARTS) is 1. The van der Waals surface area contributed by atoms with Gasteiger partial charge in [0, 0.05) is 36.3 Å². The third-order valence-corrected chi connectivity index (χ3v) is 7.62. The quantitative estimate of drug-likeness (QED) is 0.257. The number of nitrogens with one attached hydrogen (secondary N) is 2. The number of pyridine rings is 1. The molecular weight excluding hydrogens is 508 g/mol. The number of nitrogens with zero attached hydrogens (tertiary/aromatic N) is 2. The Balaban J connectivity index is 1.36. The minimum absolute atomic E-state index is 0.114. The number of anilines is 4. The molecule has 1 aromatic heterocycles. The molecule has 1 aliphatic heterocycles. The van der Waals surface area contributed by atoms with Gasteiger partial charge in [0.2, 0.25) is 0 Å². The first kappa shape index (κ1) is 27.2. The van der Waals surface area contributed by atoms with Gasteiger partial charge in [-0.2, -0.15) is 0 Å². The molecule has 0 amide bonds. The number of hydrogen-bond acceptors (Lipinski definition) is 8. The topological polar surface area (TPSA) is 121 Å². The van der Waals surface area contributed by atoms with E-state index in [1.165, 1.54) is 0 Å². The summed E-state index contributed by atoms with van der Waals surface area (Å²) < 4.78 is 5.38. The summed E-state index contributed by atoms with van der Waals surface area (Å²) in [5.41, 5.74) is 0.198. The highest BCUT2D eigenvalue weighted by Crippen LogP contribution is 2.31. The molecule has 0 aliphatic carbocycles.